The molecule has 3 aromatic heterocycles. The predicted octanol–water partition coefficient (Wildman–Crippen LogP) is 3.09. The van der Waals surface area contributed by atoms with Crippen LogP contribution in [0.2, 0.25) is 0 Å². The summed E-state index contributed by atoms with van der Waals surface area (Å²) in [6.45, 7) is 1.94. The minimum atomic E-state index is -5.08. The highest BCUT2D eigenvalue weighted by Crippen LogP contribution is 2.27. The van der Waals surface area contributed by atoms with Crippen LogP contribution in [0.1, 0.15) is 28.9 Å². The molecule has 6 rings (SSSR count). The molecule has 34 heavy (non-hydrogen) atoms. The molecule has 13 heteroatoms. The van der Waals surface area contributed by atoms with E-state index in [-0.39, 0.29) is 5.91 Å². The van der Waals surface area contributed by atoms with E-state index >= 15 is 0 Å². The van der Waals surface area contributed by atoms with Crippen LogP contribution < -0.4 is 15.5 Å². The fourth-order valence-corrected chi connectivity index (χ4v) is 4.67. The molecule has 2 atom stereocenters. The number of nitrogens with one attached hydrogen (secondary N) is 2. The SMILES string of the molecule is N#Cc1cscc1NC(=O)c1ccc2ccc(N3CC4CCC3CN4)nn12.O=C(O)C(F)(F)F. The van der Waals surface area contributed by atoms with Crippen LogP contribution in [0.25, 0.3) is 5.52 Å². The molecule has 1 amide bonds. The summed E-state index contributed by atoms with van der Waals surface area (Å²) >= 11 is 1.39. The highest BCUT2D eigenvalue weighted by molar-refractivity contribution is 7.08. The van der Waals surface area contributed by atoms with E-state index in [1.54, 1.807) is 21.3 Å². The highest BCUT2D eigenvalue weighted by Gasteiger charge is 2.38. The van der Waals surface area contributed by atoms with Gasteiger partial charge >= 0.3 is 12.1 Å². The van der Waals surface area contributed by atoms with E-state index in [2.05, 4.69) is 21.6 Å². The zero-order valence-corrected chi connectivity index (χ0v) is 18.4. The molecule has 3 aromatic rings. The molecule has 2 unspecified atom stereocenters. The molecule has 3 saturated heterocycles. The topological polar surface area (TPSA) is 123 Å². The molecule has 3 fully saturated rings. The van der Waals surface area contributed by atoms with E-state index in [4.69, 9.17) is 20.3 Å². The number of hydrogen-bond acceptors (Lipinski definition) is 7. The van der Waals surface area contributed by atoms with Gasteiger partial charge in [-0.3, -0.25) is 4.79 Å². The van der Waals surface area contributed by atoms with Gasteiger partial charge < -0.3 is 20.6 Å². The van der Waals surface area contributed by atoms with Gasteiger partial charge in [0, 0.05) is 35.9 Å². The standard InChI is InChI=1S/C19H18N6OS.C2HF3O2/c20-7-12-10-27-11-16(12)22-19(26)17-5-3-14-4-6-18(23-25(14)17)24-9-13-1-2-15(24)8-21-13;3-2(4,5)1(6)7/h3-6,10-11,13,15,21H,1-2,8-9H2,(H,22,26);(H,6,7). The van der Waals surface area contributed by atoms with E-state index in [1.807, 2.05) is 18.2 Å². The molecular weight excluding hydrogens is 473 g/mol. The molecule has 0 saturated carbocycles. The fraction of sp³-hybridized carbons (Fsp3) is 0.333. The molecule has 9 nitrogen and oxygen atoms in total. The van der Waals surface area contributed by atoms with E-state index in [1.165, 1.54) is 24.2 Å². The van der Waals surface area contributed by atoms with Gasteiger partial charge in [0.25, 0.3) is 5.91 Å². The molecule has 0 aliphatic carbocycles. The van der Waals surface area contributed by atoms with E-state index < -0.39 is 12.1 Å². The van der Waals surface area contributed by atoms with Gasteiger partial charge in [0.2, 0.25) is 0 Å². The molecule has 0 spiro atoms. The van der Waals surface area contributed by atoms with Crippen LogP contribution >= 0.6 is 11.3 Å². The Bertz CT molecular complexity index is 1260. The highest BCUT2D eigenvalue weighted by atomic mass is 32.1. The first-order valence-electron chi connectivity index (χ1n) is 10.2. The van der Waals surface area contributed by atoms with E-state index in [9.17, 15) is 18.0 Å². The molecule has 3 aliphatic rings. The monoisotopic (exact) mass is 492 g/mol. The predicted molar refractivity (Wildman–Crippen MR) is 118 cm³/mol. The number of alkyl halides is 3. The Morgan fingerprint density at radius 3 is 2.56 bits per heavy atom. The number of halogens is 3. The second kappa shape index (κ2) is 9.32. The summed E-state index contributed by atoms with van der Waals surface area (Å²) in [5, 5.41) is 30.9. The van der Waals surface area contributed by atoms with Gasteiger partial charge in [0.1, 0.15) is 17.6 Å². The third kappa shape index (κ3) is 4.82. The Kier molecular flexibility index (Phi) is 6.45. The van der Waals surface area contributed by atoms with Crippen molar-refractivity contribution in [2.75, 3.05) is 23.3 Å². The number of carboxylic acids is 1. The van der Waals surface area contributed by atoms with Crippen molar-refractivity contribution < 1.29 is 27.9 Å². The first kappa shape index (κ1) is 23.5. The van der Waals surface area contributed by atoms with Crippen molar-refractivity contribution in [1.29, 1.82) is 5.26 Å². The van der Waals surface area contributed by atoms with Crippen LogP contribution in [-0.4, -0.2) is 57.9 Å². The minimum absolute atomic E-state index is 0.267. The van der Waals surface area contributed by atoms with Crippen molar-refractivity contribution in [3.8, 4) is 6.07 Å². The fourth-order valence-electron chi connectivity index (χ4n) is 3.96. The Morgan fingerprint density at radius 1 is 1.24 bits per heavy atom. The number of aromatic nitrogens is 2. The second-order valence-corrected chi connectivity index (χ2v) is 8.55. The zero-order chi connectivity index (χ0) is 24.5. The molecule has 0 aromatic carbocycles. The van der Waals surface area contributed by atoms with Crippen molar-refractivity contribution in [2.24, 2.45) is 0 Å². The lowest BCUT2D eigenvalue weighted by Crippen LogP contribution is -2.61. The summed E-state index contributed by atoms with van der Waals surface area (Å²) in [7, 11) is 0. The van der Waals surface area contributed by atoms with Gasteiger partial charge in [-0.1, -0.05) is 0 Å². The van der Waals surface area contributed by atoms with Crippen LogP contribution in [0.15, 0.2) is 35.0 Å². The van der Waals surface area contributed by atoms with Crippen molar-refractivity contribution >= 4 is 40.2 Å². The van der Waals surface area contributed by atoms with Gasteiger partial charge in [-0.2, -0.15) is 18.4 Å². The Hall–Kier alpha value is -3.63. The smallest absolute Gasteiger partial charge is 0.475 e. The number of thiophene rings is 1. The summed E-state index contributed by atoms with van der Waals surface area (Å²) in [5.74, 6) is -2.12. The number of fused-ring (bicyclic) bond motifs is 4. The number of nitrogens with zero attached hydrogens (tertiary/aromatic N) is 4. The summed E-state index contributed by atoms with van der Waals surface area (Å²) in [6.07, 6.45) is -2.70. The first-order valence-corrected chi connectivity index (χ1v) is 11.2. The average molecular weight is 492 g/mol. The summed E-state index contributed by atoms with van der Waals surface area (Å²) in [4.78, 5) is 24.0. The third-order valence-corrected chi connectivity index (χ3v) is 6.38. The number of piperazine rings is 1. The van der Waals surface area contributed by atoms with Crippen LogP contribution in [0.4, 0.5) is 24.7 Å². The Morgan fingerprint density at radius 2 is 1.97 bits per heavy atom. The number of carbonyl (C=O) groups is 2. The van der Waals surface area contributed by atoms with Crippen molar-refractivity contribution in [2.45, 2.75) is 31.1 Å². The zero-order valence-electron chi connectivity index (χ0n) is 17.5. The van der Waals surface area contributed by atoms with Crippen LogP contribution in [0.5, 0.6) is 0 Å². The lowest BCUT2D eigenvalue weighted by Gasteiger charge is -2.46. The minimum Gasteiger partial charge on any atom is -0.475 e. The summed E-state index contributed by atoms with van der Waals surface area (Å²) in [6, 6.07) is 10.7. The van der Waals surface area contributed by atoms with Crippen LogP contribution in [0.3, 0.4) is 0 Å². The van der Waals surface area contributed by atoms with E-state index in [0.717, 1.165) is 24.4 Å². The Balaban J connectivity index is 0.000000344. The number of nitriles is 1. The van der Waals surface area contributed by atoms with Gasteiger partial charge in [-0.15, -0.1) is 16.4 Å². The number of anilines is 2. The van der Waals surface area contributed by atoms with E-state index in [0.29, 0.717) is 29.0 Å². The lowest BCUT2D eigenvalue weighted by molar-refractivity contribution is -0.192. The molecule has 178 valence electrons. The summed E-state index contributed by atoms with van der Waals surface area (Å²) < 4.78 is 33.4. The Labute approximate surface area is 195 Å². The molecule has 3 aliphatic heterocycles. The maximum atomic E-state index is 12.8. The molecular formula is C21H19F3N6O3S. The maximum Gasteiger partial charge on any atom is 0.490 e. The normalized spacial score (nSPS) is 19.3. The quantitative estimate of drug-likeness (QED) is 0.514. The van der Waals surface area contributed by atoms with Crippen molar-refractivity contribution in [1.82, 2.24) is 14.9 Å². The van der Waals surface area contributed by atoms with Gasteiger partial charge in [0.05, 0.1) is 16.8 Å². The lowest BCUT2D eigenvalue weighted by atomic mass is 9.93. The van der Waals surface area contributed by atoms with Gasteiger partial charge in [-0.25, -0.2) is 9.31 Å². The number of aliphatic carboxylic acids is 1. The van der Waals surface area contributed by atoms with Crippen molar-refractivity contribution in [3.63, 3.8) is 0 Å². The van der Waals surface area contributed by atoms with Gasteiger partial charge in [0.15, 0.2) is 0 Å². The number of rotatable bonds is 3. The van der Waals surface area contributed by atoms with Crippen LogP contribution in [-0.2, 0) is 4.79 Å². The summed E-state index contributed by atoms with van der Waals surface area (Å²) in [5.41, 5.74) is 2.34. The number of amides is 1. The number of piperidine rings is 2. The number of carboxylic acid groups (broad SMARTS) is 1. The second-order valence-electron chi connectivity index (χ2n) is 7.80. The van der Waals surface area contributed by atoms with Crippen molar-refractivity contribution in [3.05, 3.63) is 46.3 Å². The number of hydrogen-bond donors (Lipinski definition) is 3. The van der Waals surface area contributed by atoms with Crippen LogP contribution in [0, 0.1) is 11.3 Å². The molecule has 3 N–H and O–H groups in total. The maximum absolute atomic E-state index is 12.8. The largest absolute Gasteiger partial charge is 0.490 e. The molecule has 2 bridgehead atoms. The number of carbonyl (C=O) groups excluding carboxylic acids is 1. The first-order chi connectivity index (χ1) is 16.2. The average Bonchev–Trinajstić information content (AvgIpc) is 3.45. The third-order valence-electron chi connectivity index (χ3n) is 5.64. The van der Waals surface area contributed by atoms with Gasteiger partial charge in [-0.05, 0) is 37.1 Å². The molecule has 6 heterocycles. The molecule has 0 radical (unpaired) electrons.